The summed E-state index contributed by atoms with van der Waals surface area (Å²) < 4.78 is 1.98. The summed E-state index contributed by atoms with van der Waals surface area (Å²) in [7, 11) is 7.93. The zero-order chi connectivity index (χ0) is 8.85. The minimum absolute atomic E-state index is 0.552. The summed E-state index contributed by atoms with van der Waals surface area (Å²) in [5, 5.41) is 0. The molecular weight excluding hydrogens is 160 g/mol. The van der Waals surface area contributed by atoms with Crippen molar-refractivity contribution in [2.24, 2.45) is 0 Å². The fraction of sp³-hybridized carbons (Fsp3) is 0.625. The molecule has 0 aliphatic rings. The fourth-order valence-corrected chi connectivity index (χ4v) is 0.904. The highest BCUT2D eigenvalue weighted by atomic mass is 35.5. The van der Waals surface area contributed by atoms with Crippen molar-refractivity contribution in [1.29, 1.82) is 0 Å². The molecular formula is C8H16ClN2+. The van der Waals surface area contributed by atoms with Gasteiger partial charge in [0.25, 0.3) is 0 Å². The number of allylic oxidation sites excluding steroid dienone is 1. The Bertz CT molecular complexity index is 167. The molecule has 0 fully saturated rings. The van der Waals surface area contributed by atoms with E-state index in [4.69, 9.17) is 11.6 Å². The van der Waals surface area contributed by atoms with Gasteiger partial charge in [-0.1, -0.05) is 0 Å². The average molecular weight is 176 g/mol. The van der Waals surface area contributed by atoms with Gasteiger partial charge in [0.05, 0.1) is 5.88 Å². The predicted molar refractivity (Wildman–Crippen MR) is 50.7 cm³/mol. The third-order valence-corrected chi connectivity index (χ3v) is 1.31. The molecule has 0 spiro atoms. The van der Waals surface area contributed by atoms with Crippen molar-refractivity contribution in [3.05, 3.63) is 11.8 Å². The maximum Gasteiger partial charge on any atom is 0.168 e. The average Bonchev–Trinajstić information content (AvgIpc) is 1.84. The van der Waals surface area contributed by atoms with Gasteiger partial charge in [-0.3, -0.25) is 0 Å². The molecule has 0 aliphatic carbocycles. The third kappa shape index (κ3) is 5.92. The van der Waals surface area contributed by atoms with E-state index in [0.29, 0.717) is 5.88 Å². The normalized spacial score (nSPS) is 11.2. The van der Waals surface area contributed by atoms with Crippen molar-refractivity contribution >= 4 is 17.8 Å². The van der Waals surface area contributed by atoms with E-state index in [9.17, 15) is 0 Å². The molecule has 3 heteroatoms. The van der Waals surface area contributed by atoms with Gasteiger partial charge in [-0.25, -0.2) is 4.58 Å². The molecule has 0 radical (unpaired) electrons. The number of nitrogens with zero attached hydrogens (tertiary/aromatic N) is 2. The molecule has 0 amide bonds. The molecule has 0 rings (SSSR count). The van der Waals surface area contributed by atoms with Crippen molar-refractivity contribution in [3.8, 4) is 0 Å². The summed E-state index contributed by atoms with van der Waals surface area (Å²) in [5.41, 5.74) is 1.11. The summed E-state index contributed by atoms with van der Waals surface area (Å²) in [4.78, 5) is 1.98. The minimum Gasteiger partial charge on any atom is -0.383 e. The highest BCUT2D eigenvalue weighted by Crippen LogP contribution is 1.94. The largest absolute Gasteiger partial charge is 0.383 e. The first-order valence-electron chi connectivity index (χ1n) is 3.50. The van der Waals surface area contributed by atoms with Gasteiger partial charge in [-0.05, 0) is 0 Å². The predicted octanol–water partition coefficient (Wildman–Crippen LogP) is 1.01. The van der Waals surface area contributed by atoms with Crippen LogP contribution in [-0.4, -0.2) is 49.8 Å². The summed E-state index contributed by atoms with van der Waals surface area (Å²) in [6.45, 7) is 0. The Kier molecular flexibility index (Phi) is 4.95. The molecule has 0 unspecified atom stereocenters. The molecule has 0 heterocycles. The van der Waals surface area contributed by atoms with E-state index >= 15 is 0 Å². The first-order valence-corrected chi connectivity index (χ1v) is 4.04. The van der Waals surface area contributed by atoms with E-state index in [1.54, 1.807) is 0 Å². The molecule has 64 valence electrons. The zero-order valence-electron chi connectivity index (χ0n) is 7.63. The second-order valence-electron chi connectivity index (χ2n) is 2.89. The van der Waals surface area contributed by atoms with E-state index in [1.807, 2.05) is 50.1 Å². The van der Waals surface area contributed by atoms with Crippen LogP contribution in [0, 0.1) is 0 Å². The smallest absolute Gasteiger partial charge is 0.168 e. The van der Waals surface area contributed by atoms with Gasteiger partial charge < -0.3 is 4.90 Å². The Morgan fingerprint density at radius 2 is 2.00 bits per heavy atom. The SMILES string of the molecule is CN(C)/C=C(/C=[N+](C)C)CCl. The summed E-state index contributed by atoms with van der Waals surface area (Å²) in [6, 6.07) is 0. The highest BCUT2D eigenvalue weighted by molar-refractivity contribution is 6.21. The van der Waals surface area contributed by atoms with Crippen LogP contribution < -0.4 is 0 Å². The number of alkyl halides is 1. The van der Waals surface area contributed by atoms with Crippen molar-refractivity contribution in [1.82, 2.24) is 4.90 Å². The first-order chi connectivity index (χ1) is 5.06. The van der Waals surface area contributed by atoms with Crippen LogP contribution in [0.5, 0.6) is 0 Å². The van der Waals surface area contributed by atoms with Crippen LogP contribution in [0.3, 0.4) is 0 Å². The van der Waals surface area contributed by atoms with Crippen LogP contribution >= 0.6 is 11.6 Å². The van der Waals surface area contributed by atoms with Gasteiger partial charge in [-0.15, -0.1) is 11.6 Å². The van der Waals surface area contributed by atoms with Gasteiger partial charge >= 0.3 is 0 Å². The standard InChI is InChI=1S/C8H16ClN2/c1-10(2)6-8(5-9)7-11(3)4/h6-7H,5H2,1-4H3/q+1. The molecule has 0 aromatic carbocycles. The summed E-state index contributed by atoms with van der Waals surface area (Å²) >= 11 is 5.70. The van der Waals surface area contributed by atoms with Crippen molar-refractivity contribution < 1.29 is 4.58 Å². The van der Waals surface area contributed by atoms with Crippen LogP contribution in [0.25, 0.3) is 0 Å². The Morgan fingerprint density at radius 3 is 2.27 bits per heavy atom. The molecule has 0 bridgehead atoms. The van der Waals surface area contributed by atoms with E-state index in [1.165, 1.54) is 0 Å². The molecule has 2 nitrogen and oxygen atoms in total. The number of hydrogen-bond acceptors (Lipinski definition) is 1. The Morgan fingerprint density at radius 1 is 1.45 bits per heavy atom. The second kappa shape index (κ2) is 5.19. The van der Waals surface area contributed by atoms with Crippen molar-refractivity contribution in [2.75, 3.05) is 34.1 Å². The molecule has 0 N–H and O–H groups in total. The molecule has 11 heavy (non-hydrogen) atoms. The molecule has 0 aliphatic heterocycles. The first kappa shape index (κ1) is 10.5. The minimum atomic E-state index is 0.552. The van der Waals surface area contributed by atoms with E-state index in [0.717, 1.165) is 5.57 Å². The van der Waals surface area contributed by atoms with Crippen molar-refractivity contribution in [3.63, 3.8) is 0 Å². The quantitative estimate of drug-likeness (QED) is 0.353. The highest BCUT2D eigenvalue weighted by Gasteiger charge is 1.95. The summed E-state index contributed by atoms with van der Waals surface area (Å²) in [5.74, 6) is 0.552. The number of rotatable bonds is 3. The maximum atomic E-state index is 5.70. The molecule has 0 aromatic heterocycles. The summed E-state index contributed by atoms with van der Waals surface area (Å²) in [6.07, 6.45) is 4.01. The topological polar surface area (TPSA) is 6.25 Å². The van der Waals surface area contributed by atoms with Crippen LogP contribution in [0.4, 0.5) is 0 Å². The maximum absolute atomic E-state index is 5.70. The number of halogens is 1. The third-order valence-electron chi connectivity index (χ3n) is 1.00. The molecule has 0 aromatic rings. The zero-order valence-corrected chi connectivity index (χ0v) is 8.39. The van der Waals surface area contributed by atoms with Crippen LogP contribution in [0.2, 0.25) is 0 Å². The van der Waals surface area contributed by atoms with E-state index in [2.05, 4.69) is 0 Å². The molecule has 0 saturated heterocycles. The van der Waals surface area contributed by atoms with Gasteiger partial charge in [0.15, 0.2) is 6.21 Å². The lowest BCUT2D eigenvalue weighted by molar-refractivity contribution is -0.459. The van der Waals surface area contributed by atoms with E-state index in [-0.39, 0.29) is 0 Å². The van der Waals surface area contributed by atoms with Gasteiger partial charge in [0.2, 0.25) is 0 Å². The molecule has 0 saturated carbocycles. The van der Waals surface area contributed by atoms with Crippen LogP contribution in [0.1, 0.15) is 0 Å². The van der Waals surface area contributed by atoms with Gasteiger partial charge in [-0.2, -0.15) is 0 Å². The van der Waals surface area contributed by atoms with Crippen LogP contribution in [-0.2, 0) is 0 Å². The fourth-order valence-electron chi connectivity index (χ4n) is 0.766. The Labute approximate surface area is 73.8 Å². The lowest BCUT2D eigenvalue weighted by atomic mass is 10.3. The van der Waals surface area contributed by atoms with Gasteiger partial charge in [0, 0.05) is 25.9 Å². The molecule has 0 atom stereocenters. The monoisotopic (exact) mass is 175 g/mol. The Hall–Kier alpha value is -0.500. The number of hydrogen-bond donors (Lipinski definition) is 0. The lowest BCUT2D eigenvalue weighted by Gasteiger charge is -2.04. The van der Waals surface area contributed by atoms with Crippen molar-refractivity contribution in [2.45, 2.75) is 0 Å². The van der Waals surface area contributed by atoms with Crippen LogP contribution in [0.15, 0.2) is 11.8 Å². The van der Waals surface area contributed by atoms with E-state index < -0.39 is 0 Å². The Balaban J connectivity index is 4.29. The lowest BCUT2D eigenvalue weighted by Crippen LogP contribution is -2.08. The van der Waals surface area contributed by atoms with Gasteiger partial charge in [0.1, 0.15) is 14.1 Å². The second-order valence-corrected chi connectivity index (χ2v) is 3.16.